The molecule has 3 aromatic rings. The second kappa shape index (κ2) is 6.70. The van der Waals surface area contributed by atoms with Crippen molar-refractivity contribution in [2.24, 2.45) is 0 Å². The number of benzene rings is 3. The third-order valence-corrected chi connectivity index (χ3v) is 4.63. The maximum Gasteiger partial charge on any atom is 0.123 e. The van der Waals surface area contributed by atoms with Crippen molar-refractivity contribution < 1.29 is 4.74 Å². The second-order valence-electron chi connectivity index (χ2n) is 5.69. The molecule has 3 aromatic carbocycles. The summed E-state index contributed by atoms with van der Waals surface area (Å²) in [5.41, 5.74) is 3.58. The molecule has 0 aliphatic heterocycles. The van der Waals surface area contributed by atoms with E-state index in [0.717, 1.165) is 12.2 Å². The molecule has 0 N–H and O–H groups in total. The molecule has 0 bridgehead atoms. The number of rotatable bonds is 5. The molecule has 3 rings (SSSR count). The molecule has 0 aliphatic carbocycles. The highest BCUT2D eigenvalue weighted by molar-refractivity contribution is 5.55. The van der Waals surface area contributed by atoms with Crippen molar-refractivity contribution in [3.8, 4) is 5.75 Å². The molecule has 116 valence electrons. The number of para-hydroxylation sites is 1. The third-order valence-electron chi connectivity index (χ3n) is 4.63. The molecule has 0 saturated heterocycles. The van der Waals surface area contributed by atoms with E-state index in [9.17, 15) is 0 Å². The van der Waals surface area contributed by atoms with Gasteiger partial charge in [-0.2, -0.15) is 0 Å². The third kappa shape index (κ3) is 2.63. The van der Waals surface area contributed by atoms with Gasteiger partial charge in [0.15, 0.2) is 0 Å². The van der Waals surface area contributed by atoms with E-state index < -0.39 is 0 Å². The van der Waals surface area contributed by atoms with Gasteiger partial charge >= 0.3 is 0 Å². The van der Waals surface area contributed by atoms with Crippen molar-refractivity contribution in [3.05, 3.63) is 102 Å². The van der Waals surface area contributed by atoms with Crippen LogP contribution >= 0.6 is 0 Å². The molecule has 23 heavy (non-hydrogen) atoms. The van der Waals surface area contributed by atoms with E-state index in [1.165, 1.54) is 16.7 Å². The molecule has 0 heterocycles. The molecule has 0 fully saturated rings. The molecule has 0 aliphatic rings. The Balaban J connectivity index is 2.34. The van der Waals surface area contributed by atoms with E-state index in [2.05, 4.69) is 79.7 Å². The summed E-state index contributed by atoms with van der Waals surface area (Å²) in [7, 11) is 1.75. The van der Waals surface area contributed by atoms with Gasteiger partial charge in [-0.25, -0.2) is 0 Å². The molecule has 0 unspecified atom stereocenters. The Kier molecular flexibility index (Phi) is 4.47. The van der Waals surface area contributed by atoms with Crippen LogP contribution in [0.4, 0.5) is 0 Å². The van der Waals surface area contributed by atoms with Gasteiger partial charge in [-0.3, -0.25) is 0 Å². The number of hydrogen-bond acceptors (Lipinski definition) is 1. The normalized spacial score (nSPS) is 11.2. The minimum atomic E-state index is -0.213. The minimum absolute atomic E-state index is 0.213. The summed E-state index contributed by atoms with van der Waals surface area (Å²) in [4.78, 5) is 0. The summed E-state index contributed by atoms with van der Waals surface area (Å²) < 4.78 is 5.70. The van der Waals surface area contributed by atoms with Crippen LogP contribution in [0, 0.1) is 0 Å². The van der Waals surface area contributed by atoms with E-state index in [1.54, 1.807) is 7.11 Å². The van der Waals surface area contributed by atoms with Gasteiger partial charge < -0.3 is 4.74 Å². The van der Waals surface area contributed by atoms with Gasteiger partial charge in [-0.05, 0) is 23.6 Å². The number of hydrogen-bond donors (Lipinski definition) is 0. The second-order valence-corrected chi connectivity index (χ2v) is 5.69. The monoisotopic (exact) mass is 302 g/mol. The van der Waals surface area contributed by atoms with E-state index >= 15 is 0 Å². The first kappa shape index (κ1) is 15.4. The van der Waals surface area contributed by atoms with Crippen LogP contribution in [-0.2, 0) is 5.41 Å². The van der Waals surface area contributed by atoms with Crippen LogP contribution in [0.1, 0.15) is 30.0 Å². The van der Waals surface area contributed by atoms with Gasteiger partial charge in [0, 0.05) is 11.0 Å². The first-order valence-electron chi connectivity index (χ1n) is 8.07. The van der Waals surface area contributed by atoms with Crippen molar-refractivity contribution in [2.75, 3.05) is 7.11 Å². The average molecular weight is 302 g/mol. The van der Waals surface area contributed by atoms with Gasteiger partial charge in [0.05, 0.1) is 7.11 Å². The van der Waals surface area contributed by atoms with Crippen molar-refractivity contribution in [3.63, 3.8) is 0 Å². The van der Waals surface area contributed by atoms with E-state index in [-0.39, 0.29) is 5.41 Å². The Labute approximate surface area is 138 Å². The Morgan fingerprint density at radius 3 is 1.65 bits per heavy atom. The van der Waals surface area contributed by atoms with Crippen LogP contribution in [0.2, 0.25) is 0 Å². The highest BCUT2D eigenvalue weighted by Crippen LogP contribution is 2.45. The van der Waals surface area contributed by atoms with Crippen LogP contribution < -0.4 is 4.74 Å². The lowest BCUT2D eigenvalue weighted by Crippen LogP contribution is -2.29. The number of ether oxygens (including phenoxy) is 1. The Hall–Kier alpha value is -2.54. The van der Waals surface area contributed by atoms with Crippen LogP contribution in [0.5, 0.6) is 5.75 Å². The summed E-state index contributed by atoms with van der Waals surface area (Å²) >= 11 is 0. The summed E-state index contributed by atoms with van der Waals surface area (Å²) in [6.45, 7) is 2.24. The van der Waals surface area contributed by atoms with Gasteiger partial charge in [-0.1, -0.05) is 85.8 Å². The lowest BCUT2D eigenvalue weighted by atomic mass is 9.67. The van der Waals surface area contributed by atoms with Crippen LogP contribution in [0.15, 0.2) is 84.9 Å². The van der Waals surface area contributed by atoms with E-state index in [1.807, 2.05) is 12.1 Å². The molecule has 1 heteroatoms. The van der Waals surface area contributed by atoms with Gasteiger partial charge in [-0.15, -0.1) is 0 Å². The Bertz CT molecular complexity index is 708. The zero-order valence-electron chi connectivity index (χ0n) is 13.7. The first-order chi connectivity index (χ1) is 11.3. The van der Waals surface area contributed by atoms with Crippen molar-refractivity contribution in [1.82, 2.24) is 0 Å². The molecule has 0 atom stereocenters. The summed E-state index contributed by atoms with van der Waals surface area (Å²) in [6, 6.07) is 29.8. The largest absolute Gasteiger partial charge is 0.496 e. The fraction of sp³-hybridized carbons (Fsp3) is 0.182. The highest BCUT2D eigenvalue weighted by atomic mass is 16.5. The van der Waals surface area contributed by atoms with E-state index in [0.29, 0.717) is 0 Å². The highest BCUT2D eigenvalue weighted by Gasteiger charge is 2.36. The molecule has 0 aromatic heterocycles. The molecule has 0 amide bonds. The zero-order valence-corrected chi connectivity index (χ0v) is 13.7. The first-order valence-corrected chi connectivity index (χ1v) is 8.07. The smallest absolute Gasteiger partial charge is 0.123 e. The molecule has 0 saturated carbocycles. The minimum Gasteiger partial charge on any atom is -0.496 e. The van der Waals surface area contributed by atoms with Gasteiger partial charge in [0.1, 0.15) is 5.75 Å². The Morgan fingerprint density at radius 2 is 1.17 bits per heavy atom. The van der Waals surface area contributed by atoms with Crippen molar-refractivity contribution in [1.29, 1.82) is 0 Å². The summed E-state index contributed by atoms with van der Waals surface area (Å²) in [6.07, 6.45) is 0.960. The predicted molar refractivity (Wildman–Crippen MR) is 96.1 cm³/mol. The molecular formula is C22H22O. The van der Waals surface area contributed by atoms with Crippen molar-refractivity contribution >= 4 is 0 Å². The molecule has 1 nitrogen and oxygen atoms in total. The topological polar surface area (TPSA) is 9.23 Å². The quantitative estimate of drug-likeness (QED) is 0.570. The Morgan fingerprint density at radius 1 is 0.696 bits per heavy atom. The lowest BCUT2D eigenvalue weighted by molar-refractivity contribution is 0.399. The maximum atomic E-state index is 5.70. The molecular weight excluding hydrogens is 280 g/mol. The average Bonchev–Trinajstić information content (AvgIpc) is 2.65. The van der Waals surface area contributed by atoms with Crippen LogP contribution in [-0.4, -0.2) is 7.11 Å². The number of methoxy groups -OCH3 is 1. The predicted octanol–water partition coefficient (Wildman–Crippen LogP) is 5.44. The van der Waals surface area contributed by atoms with Gasteiger partial charge in [0.2, 0.25) is 0 Å². The summed E-state index contributed by atoms with van der Waals surface area (Å²) in [5.74, 6) is 0.932. The maximum absolute atomic E-state index is 5.70. The summed E-state index contributed by atoms with van der Waals surface area (Å²) in [5, 5.41) is 0. The van der Waals surface area contributed by atoms with Crippen LogP contribution in [0.25, 0.3) is 0 Å². The van der Waals surface area contributed by atoms with E-state index in [4.69, 9.17) is 4.74 Å². The zero-order chi connectivity index (χ0) is 16.1. The lowest BCUT2D eigenvalue weighted by Gasteiger charge is -2.36. The van der Waals surface area contributed by atoms with Crippen LogP contribution in [0.3, 0.4) is 0 Å². The molecule has 0 radical (unpaired) electrons. The standard InChI is InChI=1S/C22H22O/c1-3-22(18-12-6-4-7-13-18,19-14-8-5-9-15-19)20-16-10-11-17-21(20)23-2/h4-17H,3H2,1-2H3. The van der Waals surface area contributed by atoms with Crippen molar-refractivity contribution in [2.45, 2.75) is 18.8 Å². The SMILES string of the molecule is CCC(c1ccccc1)(c1ccccc1)c1ccccc1OC. The fourth-order valence-corrected chi connectivity index (χ4v) is 3.52. The van der Waals surface area contributed by atoms with Gasteiger partial charge in [0.25, 0.3) is 0 Å². The fourth-order valence-electron chi connectivity index (χ4n) is 3.52. The molecule has 0 spiro atoms.